The molecule has 2 aromatic carbocycles. The number of aromatic nitrogens is 1. The number of nitrogen functional groups attached to an aromatic ring is 1. The Balaban J connectivity index is 2.15. The SMILES string of the molecule is CCOC(=O)c1cn2c3c(c(F)c(F)cc3c1=O)Cc1c(N)c(F)cc(COC(C)=O)c1-2. The van der Waals surface area contributed by atoms with E-state index in [1.807, 2.05) is 0 Å². The first-order valence-corrected chi connectivity index (χ1v) is 9.62. The Kier molecular flexibility index (Phi) is 5.15. The lowest BCUT2D eigenvalue weighted by molar-refractivity contribution is -0.142. The van der Waals surface area contributed by atoms with Crippen molar-refractivity contribution in [3.63, 3.8) is 0 Å². The van der Waals surface area contributed by atoms with E-state index in [-0.39, 0.29) is 58.6 Å². The average Bonchev–Trinajstić information content (AvgIpc) is 2.74. The normalized spacial score (nSPS) is 11.9. The molecule has 3 aromatic rings. The third-order valence-electron chi connectivity index (χ3n) is 5.27. The maximum absolute atomic E-state index is 14.8. The van der Waals surface area contributed by atoms with E-state index in [2.05, 4.69) is 0 Å². The van der Waals surface area contributed by atoms with Crippen molar-refractivity contribution < 1.29 is 32.2 Å². The Labute approximate surface area is 179 Å². The lowest BCUT2D eigenvalue weighted by Crippen LogP contribution is -2.25. The Bertz CT molecular complexity index is 1380. The molecule has 0 amide bonds. The van der Waals surface area contributed by atoms with Crippen LogP contribution in [0.15, 0.2) is 23.1 Å². The Hall–Kier alpha value is -3.82. The molecule has 0 aliphatic carbocycles. The van der Waals surface area contributed by atoms with Crippen LogP contribution in [0.25, 0.3) is 16.6 Å². The summed E-state index contributed by atoms with van der Waals surface area (Å²) in [6, 6.07) is 1.76. The van der Waals surface area contributed by atoms with Crippen molar-refractivity contribution in [3.8, 4) is 5.69 Å². The van der Waals surface area contributed by atoms with Gasteiger partial charge in [0.1, 0.15) is 18.0 Å². The van der Waals surface area contributed by atoms with Crippen LogP contribution in [0.4, 0.5) is 18.9 Å². The van der Waals surface area contributed by atoms with Crippen LogP contribution in [0.5, 0.6) is 0 Å². The molecule has 2 N–H and O–H groups in total. The third kappa shape index (κ3) is 3.19. The lowest BCUT2D eigenvalue weighted by atomic mass is 9.91. The van der Waals surface area contributed by atoms with Crippen LogP contribution in [0.2, 0.25) is 0 Å². The quantitative estimate of drug-likeness (QED) is 0.382. The number of benzene rings is 2. The molecule has 1 aliphatic heterocycles. The largest absolute Gasteiger partial charge is 0.462 e. The van der Waals surface area contributed by atoms with Crippen molar-refractivity contribution in [2.24, 2.45) is 0 Å². The fourth-order valence-corrected chi connectivity index (χ4v) is 3.92. The summed E-state index contributed by atoms with van der Waals surface area (Å²) in [6.07, 6.45) is 0.806. The number of rotatable bonds is 4. The van der Waals surface area contributed by atoms with Crippen molar-refractivity contribution in [2.45, 2.75) is 26.9 Å². The van der Waals surface area contributed by atoms with Crippen LogP contribution in [-0.4, -0.2) is 23.1 Å². The van der Waals surface area contributed by atoms with Gasteiger partial charge in [0.15, 0.2) is 11.6 Å². The molecule has 7 nitrogen and oxygen atoms in total. The second kappa shape index (κ2) is 7.70. The minimum atomic E-state index is -1.30. The van der Waals surface area contributed by atoms with Gasteiger partial charge in [0.05, 0.1) is 28.9 Å². The van der Waals surface area contributed by atoms with E-state index >= 15 is 0 Å². The molecule has 0 spiro atoms. The minimum absolute atomic E-state index is 0.00420. The molecule has 2 heterocycles. The maximum Gasteiger partial charge on any atom is 0.343 e. The predicted molar refractivity (Wildman–Crippen MR) is 108 cm³/mol. The van der Waals surface area contributed by atoms with Crippen molar-refractivity contribution in [1.82, 2.24) is 4.57 Å². The highest BCUT2D eigenvalue weighted by molar-refractivity contribution is 5.96. The second-order valence-electron chi connectivity index (χ2n) is 7.22. The molecule has 0 saturated carbocycles. The number of nitrogens with two attached hydrogens (primary N) is 1. The van der Waals surface area contributed by atoms with E-state index in [1.165, 1.54) is 11.5 Å². The zero-order valence-corrected chi connectivity index (χ0v) is 17.1. The van der Waals surface area contributed by atoms with Crippen LogP contribution in [0.3, 0.4) is 0 Å². The monoisotopic (exact) mass is 446 g/mol. The number of carbonyl (C=O) groups excluding carboxylic acids is 2. The van der Waals surface area contributed by atoms with Gasteiger partial charge in [-0.25, -0.2) is 18.0 Å². The molecule has 1 aromatic heterocycles. The number of hydrogen-bond acceptors (Lipinski definition) is 6. The molecule has 1 aliphatic rings. The van der Waals surface area contributed by atoms with Gasteiger partial charge >= 0.3 is 11.9 Å². The number of pyridine rings is 1. The zero-order chi connectivity index (χ0) is 23.3. The Morgan fingerprint density at radius 1 is 1.12 bits per heavy atom. The number of ether oxygens (including phenoxy) is 2. The van der Waals surface area contributed by atoms with Crippen molar-refractivity contribution in [3.05, 3.63) is 68.3 Å². The molecule has 0 bridgehead atoms. The molecule has 0 radical (unpaired) electrons. The van der Waals surface area contributed by atoms with E-state index in [9.17, 15) is 27.6 Å². The number of fused-ring (bicyclic) bond motifs is 2. The van der Waals surface area contributed by atoms with Crippen LogP contribution in [0, 0.1) is 17.5 Å². The summed E-state index contributed by atoms with van der Waals surface area (Å²) >= 11 is 0. The number of esters is 2. The molecule has 0 fully saturated rings. The summed E-state index contributed by atoms with van der Waals surface area (Å²) in [5.74, 6) is -4.94. The van der Waals surface area contributed by atoms with Gasteiger partial charge in [0, 0.05) is 36.2 Å². The van der Waals surface area contributed by atoms with Gasteiger partial charge in [0.2, 0.25) is 5.43 Å². The van der Waals surface area contributed by atoms with Crippen LogP contribution in [-0.2, 0) is 27.3 Å². The van der Waals surface area contributed by atoms with E-state index in [0.717, 1.165) is 12.3 Å². The topological polar surface area (TPSA) is 101 Å². The molecule has 32 heavy (non-hydrogen) atoms. The summed E-state index contributed by atoms with van der Waals surface area (Å²) < 4.78 is 54.9. The van der Waals surface area contributed by atoms with Crippen LogP contribution >= 0.6 is 0 Å². The highest BCUT2D eigenvalue weighted by Gasteiger charge is 2.31. The highest BCUT2D eigenvalue weighted by atomic mass is 19.2. The number of anilines is 1. The van der Waals surface area contributed by atoms with Crippen molar-refractivity contribution >= 4 is 28.5 Å². The van der Waals surface area contributed by atoms with Gasteiger partial charge in [-0.2, -0.15) is 0 Å². The van der Waals surface area contributed by atoms with E-state index in [1.54, 1.807) is 6.92 Å². The molecular weight excluding hydrogens is 429 g/mol. The number of hydrogen-bond donors (Lipinski definition) is 1. The molecule has 4 rings (SSSR count). The van der Waals surface area contributed by atoms with Gasteiger partial charge in [-0.15, -0.1) is 0 Å². The zero-order valence-electron chi connectivity index (χ0n) is 17.1. The maximum atomic E-state index is 14.8. The number of carbonyl (C=O) groups is 2. The van der Waals surface area contributed by atoms with E-state index < -0.39 is 40.4 Å². The summed E-state index contributed by atoms with van der Waals surface area (Å²) in [5.41, 5.74) is 4.60. The van der Waals surface area contributed by atoms with Gasteiger partial charge in [-0.05, 0) is 19.1 Å². The van der Waals surface area contributed by atoms with E-state index in [0.29, 0.717) is 6.07 Å². The third-order valence-corrected chi connectivity index (χ3v) is 5.27. The first-order valence-electron chi connectivity index (χ1n) is 9.62. The fraction of sp³-hybridized carbons (Fsp3) is 0.227. The van der Waals surface area contributed by atoms with Gasteiger partial charge in [-0.1, -0.05) is 0 Å². The Morgan fingerprint density at radius 3 is 2.50 bits per heavy atom. The summed E-state index contributed by atoms with van der Waals surface area (Å²) in [5, 5.41) is -0.253. The van der Waals surface area contributed by atoms with Gasteiger partial charge in [0.25, 0.3) is 0 Å². The first kappa shape index (κ1) is 21.4. The van der Waals surface area contributed by atoms with Crippen molar-refractivity contribution in [2.75, 3.05) is 12.3 Å². The second-order valence-corrected chi connectivity index (χ2v) is 7.22. The smallest absolute Gasteiger partial charge is 0.343 e. The average molecular weight is 446 g/mol. The Morgan fingerprint density at radius 2 is 1.84 bits per heavy atom. The summed E-state index contributed by atoms with van der Waals surface area (Å²) in [6.45, 7) is 2.34. The standard InChI is InChI=1S/C22H17F3N2O5/c1-3-31-22(30)14-7-27-19-10(8-32-9(2)28)4-16(24)18(26)12(19)5-11-17(25)15(23)6-13(20(11)27)21(14)29/h4,6-7H,3,5,8,26H2,1-2H3. The summed E-state index contributed by atoms with van der Waals surface area (Å²) in [7, 11) is 0. The summed E-state index contributed by atoms with van der Waals surface area (Å²) in [4.78, 5) is 36.7. The highest BCUT2D eigenvalue weighted by Crippen LogP contribution is 2.39. The van der Waals surface area contributed by atoms with Crippen molar-refractivity contribution in [1.29, 1.82) is 0 Å². The minimum Gasteiger partial charge on any atom is -0.462 e. The van der Waals surface area contributed by atoms with Crippen LogP contribution < -0.4 is 11.2 Å². The number of nitrogens with zero attached hydrogens (tertiary/aromatic N) is 1. The van der Waals surface area contributed by atoms with Crippen LogP contribution in [0.1, 0.15) is 40.9 Å². The van der Waals surface area contributed by atoms with Gasteiger partial charge < -0.3 is 19.8 Å². The lowest BCUT2D eigenvalue weighted by Gasteiger charge is -2.27. The predicted octanol–water partition coefficient (Wildman–Crippen LogP) is 3.13. The fourth-order valence-electron chi connectivity index (χ4n) is 3.92. The van der Waals surface area contributed by atoms with E-state index in [4.69, 9.17) is 15.2 Å². The molecule has 0 saturated heterocycles. The molecular formula is C22H17F3N2O5. The molecule has 0 unspecified atom stereocenters. The number of halogens is 3. The van der Waals surface area contributed by atoms with Gasteiger partial charge in [-0.3, -0.25) is 9.59 Å². The molecule has 0 atom stereocenters. The molecule has 10 heteroatoms. The molecule has 166 valence electrons. The first-order chi connectivity index (χ1) is 15.1.